The quantitative estimate of drug-likeness (QED) is 0.724. The molecule has 154 valence electrons. The van der Waals surface area contributed by atoms with Crippen LogP contribution < -0.4 is 15.4 Å². The van der Waals surface area contributed by atoms with Crippen LogP contribution >= 0.6 is 11.8 Å². The average Bonchev–Trinajstić information content (AvgIpc) is 2.67. The molecule has 0 fully saturated rings. The van der Waals surface area contributed by atoms with Crippen LogP contribution in [0.15, 0.2) is 46.2 Å². The molecule has 1 aliphatic heterocycles. The Bertz CT molecular complexity index is 1070. The van der Waals surface area contributed by atoms with Gasteiger partial charge in [0.15, 0.2) is 9.84 Å². The van der Waals surface area contributed by atoms with Crippen LogP contribution in [-0.4, -0.2) is 38.3 Å². The number of nitrogens with one attached hydrogen (secondary N) is 2. The van der Waals surface area contributed by atoms with Crippen molar-refractivity contribution < 1.29 is 22.7 Å². The smallest absolute Gasteiger partial charge is 0.237 e. The summed E-state index contributed by atoms with van der Waals surface area (Å²) < 4.78 is 30.6. The molecule has 1 unspecified atom stereocenters. The molecule has 2 amide bonds. The number of aryl methyl sites for hydroxylation is 1. The lowest BCUT2D eigenvalue weighted by molar-refractivity contribution is -0.116. The summed E-state index contributed by atoms with van der Waals surface area (Å²) in [7, 11) is -2.15. The van der Waals surface area contributed by atoms with Gasteiger partial charge in [-0.05, 0) is 49.7 Å². The number of rotatable bonds is 6. The number of carbonyl (C=O) groups is 2. The van der Waals surface area contributed by atoms with Gasteiger partial charge in [-0.25, -0.2) is 8.42 Å². The lowest BCUT2D eigenvalue weighted by Crippen LogP contribution is -2.26. The van der Waals surface area contributed by atoms with Gasteiger partial charge in [-0.1, -0.05) is 6.07 Å². The zero-order valence-electron chi connectivity index (χ0n) is 16.3. The molecule has 29 heavy (non-hydrogen) atoms. The number of amides is 2. The summed E-state index contributed by atoms with van der Waals surface area (Å²) in [4.78, 5) is 24.9. The first kappa shape index (κ1) is 21.2. The molecule has 0 saturated carbocycles. The van der Waals surface area contributed by atoms with Crippen LogP contribution in [0.5, 0.6) is 5.75 Å². The number of sulfone groups is 1. The monoisotopic (exact) mass is 434 g/mol. The van der Waals surface area contributed by atoms with Gasteiger partial charge in [0.25, 0.3) is 0 Å². The molecule has 2 aromatic carbocycles. The van der Waals surface area contributed by atoms with E-state index in [0.717, 1.165) is 5.56 Å². The highest BCUT2D eigenvalue weighted by Gasteiger charge is 2.25. The second kappa shape index (κ2) is 8.46. The molecule has 1 atom stereocenters. The van der Waals surface area contributed by atoms with Crippen LogP contribution in [0.25, 0.3) is 0 Å². The molecule has 7 nitrogen and oxygen atoms in total. The van der Waals surface area contributed by atoms with Gasteiger partial charge in [0.1, 0.15) is 5.75 Å². The SMILES string of the molecule is COc1ccc(C)cc1NC(=O)CCS(=O)(=O)c1ccc2c(c1)SC(C)C(=O)N2. The predicted octanol–water partition coefficient (Wildman–Crippen LogP) is 3.24. The highest BCUT2D eigenvalue weighted by atomic mass is 32.2. The van der Waals surface area contributed by atoms with Crippen molar-refractivity contribution in [3.63, 3.8) is 0 Å². The number of ether oxygens (including phenoxy) is 1. The first-order chi connectivity index (χ1) is 13.7. The Morgan fingerprint density at radius 1 is 1.24 bits per heavy atom. The summed E-state index contributed by atoms with van der Waals surface area (Å²) in [5.74, 6) is -0.333. The van der Waals surface area contributed by atoms with Crippen molar-refractivity contribution in [1.29, 1.82) is 0 Å². The van der Waals surface area contributed by atoms with Crippen LogP contribution in [0.4, 0.5) is 11.4 Å². The van der Waals surface area contributed by atoms with Crippen molar-refractivity contribution in [3.8, 4) is 5.75 Å². The number of anilines is 2. The lowest BCUT2D eigenvalue weighted by Gasteiger charge is -2.21. The van der Waals surface area contributed by atoms with E-state index in [-0.39, 0.29) is 28.2 Å². The highest BCUT2D eigenvalue weighted by molar-refractivity contribution is 8.01. The molecule has 0 aliphatic carbocycles. The summed E-state index contributed by atoms with van der Waals surface area (Å²) in [6, 6.07) is 9.94. The van der Waals surface area contributed by atoms with Gasteiger partial charge in [0, 0.05) is 11.3 Å². The van der Waals surface area contributed by atoms with Crippen LogP contribution in [0.2, 0.25) is 0 Å². The molecule has 0 saturated heterocycles. The number of benzene rings is 2. The Morgan fingerprint density at radius 3 is 2.72 bits per heavy atom. The van der Waals surface area contributed by atoms with Crippen LogP contribution in [0, 0.1) is 6.92 Å². The summed E-state index contributed by atoms with van der Waals surface area (Å²) >= 11 is 1.31. The number of methoxy groups -OCH3 is 1. The van der Waals surface area contributed by atoms with Crippen molar-refractivity contribution in [2.24, 2.45) is 0 Å². The van der Waals surface area contributed by atoms with Gasteiger partial charge in [-0.2, -0.15) is 0 Å². The molecule has 2 N–H and O–H groups in total. The molecule has 0 bridgehead atoms. The van der Waals surface area contributed by atoms with E-state index < -0.39 is 15.7 Å². The maximum absolute atomic E-state index is 12.7. The fraction of sp³-hybridized carbons (Fsp3) is 0.300. The fourth-order valence-electron chi connectivity index (χ4n) is 2.85. The largest absolute Gasteiger partial charge is 0.495 e. The second-order valence-electron chi connectivity index (χ2n) is 6.73. The third kappa shape index (κ3) is 4.91. The van der Waals surface area contributed by atoms with E-state index in [2.05, 4.69) is 10.6 Å². The van der Waals surface area contributed by atoms with Crippen molar-refractivity contribution in [3.05, 3.63) is 42.0 Å². The maximum atomic E-state index is 12.7. The fourth-order valence-corrected chi connectivity index (χ4v) is 5.18. The van der Waals surface area contributed by atoms with E-state index >= 15 is 0 Å². The minimum absolute atomic E-state index is 0.110. The Labute approximate surface area is 174 Å². The number of hydrogen-bond donors (Lipinski definition) is 2. The topological polar surface area (TPSA) is 102 Å². The first-order valence-corrected chi connectivity index (χ1v) is 11.5. The number of carbonyl (C=O) groups excluding carboxylic acids is 2. The van der Waals surface area contributed by atoms with Crippen LogP contribution in [0.1, 0.15) is 18.9 Å². The summed E-state index contributed by atoms with van der Waals surface area (Å²) in [6.45, 7) is 3.64. The lowest BCUT2D eigenvalue weighted by atomic mass is 10.2. The summed E-state index contributed by atoms with van der Waals surface area (Å²) in [6.07, 6.45) is -0.184. The van der Waals surface area contributed by atoms with Gasteiger partial charge in [0.2, 0.25) is 11.8 Å². The predicted molar refractivity (Wildman–Crippen MR) is 113 cm³/mol. The Balaban J connectivity index is 1.69. The van der Waals surface area contributed by atoms with Gasteiger partial charge >= 0.3 is 0 Å². The molecule has 0 aromatic heterocycles. The van der Waals surface area contributed by atoms with E-state index in [1.807, 2.05) is 13.0 Å². The molecular formula is C20H22N2O5S2. The zero-order chi connectivity index (χ0) is 21.2. The molecule has 2 aromatic rings. The minimum atomic E-state index is -3.65. The minimum Gasteiger partial charge on any atom is -0.495 e. The zero-order valence-corrected chi connectivity index (χ0v) is 17.9. The van der Waals surface area contributed by atoms with E-state index in [1.54, 1.807) is 31.2 Å². The van der Waals surface area contributed by atoms with Gasteiger partial charge < -0.3 is 15.4 Å². The normalized spacial score (nSPS) is 16.0. The maximum Gasteiger partial charge on any atom is 0.237 e. The van der Waals surface area contributed by atoms with E-state index in [0.29, 0.717) is 22.0 Å². The second-order valence-corrected chi connectivity index (χ2v) is 10.2. The number of hydrogen-bond acceptors (Lipinski definition) is 6. The van der Waals surface area contributed by atoms with Crippen molar-refractivity contribution >= 4 is 44.8 Å². The Hall–Kier alpha value is -2.52. The van der Waals surface area contributed by atoms with Gasteiger partial charge in [-0.15, -0.1) is 11.8 Å². The Morgan fingerprint density at radius 2 is 2.00 bits per heavy atom. The molecule has 1 heterocycles. The van der Waals surface area contributed by atoms with Crippen LogP contribution in [-0.2, 0) is 19.4 Å². The van der Waals surface area contributed by atoms with Crippen LogP contribution in [0.3, 0.4) is 0 Å². The average molecular weight is 435 g/mol. The number of fused-ring (bicyclic) bond motifs is 1. The van der Waals surface area contributed by atoms with Gasteiger partial charge in [-0.3, -0.25) is 9.59 Å². The van der Waals surface area contributed by atoms with E-state index in [9.17, 15) is 18.0 Å². The molecule has 0 radical (unpaired) electrons. The van der Waals surface area contributed by atoms with E-state index in [1.165, 1.54) is 24.9 Å². The van der Waals surface area contributed by atoms with Crippen molar-refractivity contribution in [1.82, 2.24) is 0 Å². The van der Waals surface area contributed by atoms with Gasteiger partial charge in [0.05, 0.1) is 34.4 Å². The van der Waals surface area contributed by atoms with E-state index in [4.69, 9.17) is 4.74 Å². The summed E-state index contributed by atoms with van der Waals surface area (Å²) in [5, 5.41) is 5.16. The highest BCUT2D eigenvalue weighted by Crippen LogP contribution is 2.37. The van der Waals surface area contributed by atoms with Crippen molar-refractivity contribution in [2.45, 2.75) is 35.3 Å². The Kier molecular flexibility index (Phi) is 6.18. The number of thioether (sulfide) groups is 1. The molecule has 0 spiro atoms. The molecule has 9 heteroatoms. The molecule has 3 rings (SSSR count). The standard InChI is InChI=1S/C20H22N2O5S2/c1-12-4-7-17(27-3)16(10-12)21-19(23)8-9-29(25,26)14-5-6-15-18(11-14)28-13(2)20(24)22-15/h4-7,10-11,13H,8-9H2,1-3H3,(H,21,23)(H,22,24). The third-order valence-corrected chi connectivity index (χ3v) is 7.34. The summed E-state index contributed by atoms with van der Waals surface area (Å²) in [5.41, 5.74) is 2.05. The third-order valence-electron chi connectivity index (χ3n) is 4.47. The van der Waals surface area contributed by atoms with Crippen molar-refractivity contribution in [2.75, 3.05) is 23.5 Å². The first-order valence-electron chi connectivity index (χ1n) is 8.98. The molecular weight excluding hydrogens is 412 g/mol. The molecule has 1 aliphatic rings.